The molecule has 0 radical (unpaired) electrons. The fraction of sp³-hybridized carbons (Fsp3) is 0.952. The third kappa shape index (κ3) is 5.61. The Labute approximate surface area is 155 Å². The van der Waals surface area contributed by atoms with Crippen molar-refractivity contribution in [1.29, 1.82) is 0 Å². The van der Waals surface area contributed by atoms with Crippen LogP contribution in [0.3, 0.4) is 0 Å². The van der Waals surface area contributed by atoms with E-state index in [9.17, 15) is 0 Å². The number of hydrogen-bond donors (Lipinski definition) is 2. The highest BCUT2D eigenvalue weighted by atomic mass is 32.1. The number of hydrogen-bond acceptors (Lipinski definition) is 1. The normalized spacial score (nSPS) is 32.4. The highest BCUT2D eigenvalue weighted by Gasteiger charge is 2.39. The summed E-state index contributed by atoms with van der Waals surface area (Å²) in [5.74, 6) is 3.51. The Morgan fingerprint density at radius 2 is 1.46 bits per heavy atom. The van der Waals surface area contributed by atoms with E-state index in [-0.39, 0.29) is 5.54 Å². The molecule has 2 aliphatic carbocycles. The van der Waals surface area contributed by atoms with Gasteiger partial charge in [0.25, 0.3) is 0 Å². The zero-order chi connectivity index (χ0) is 17.7. The van der Waals surface area contributed by atoms with Gasteiger partial charge >= 0.3 is 0 Å². The molecule has 3 heteroatoms. The Hall–Kier alpha value is -0.310. The first-order valence-corrected chi connectivity index (χ1v) is 10.8. The van der Waals surface area contributed by atoms with Gasteiger partial charge in [-0.3, -0.25) is 0 Å². The van der Waals surface area contributed by atoms with Crippen LogP contribution in [0.2, 0.25) is 0 Å². The molecule has 2 saturated carbocycles. The molecule has 2 aliphatic rings. The van der Waals surface area contributed by atoms with Crippen LogP contribution in [0, 0.1) is 23.7 Å². The van der Waals surface area contributed by atoms with Crippen molar-refractivity contribution in [3.8, 4) is 0 Å². The van der Waals surface area contributed by atoms with Crippen molar-refractivity contribution >= 4 is 17.3 Å². The molecule has 2 N–H and O–H groups in total. The first kappa shape index (κ1) is 20.0. The zero-order valence-electron chi connectivity index (χ0n) is 16.7. The van der Waals surface area contributed by atoms with E-state index in [0.29, 0.717) is 6.04 Å². The van der Waals surface area contributed by atoms with Gasteiger partial charge in [0.15, 0.2) is 5.11 Å². The van der Waals surface area contributed by atoms with Gasteiger partial charge in [-0.25, -0.2) is 0 Å². The van der Waals surface area contributed by atoms with E-state index in [4.69, 9.17) is 12.2 Å². The molecule has 0 aromatic rings. The molecule has 2 unspecified atom stereocenters. The molecular weight excluding hydrogens is 312 g/mol. The van der Waals surface area contributed by atoms with Crippen molar-refractivity contribution < 1.29 is 0 Å². The lowest BCUT2D eigenvalue weighted by Crippen LogP contribution is -2.55. The fourth-order valence-electron chi connectivity index (χ4n) is 5.15. The molecule has 0 saturated heterocycles. The molecule has 0 aromatic heterocycles. The molecule has 2 nitrogen and oxygen atoms in total. The maximum absolute atomic E-state index is 5.62. The third-order valence-electron chi connectivity index (χ3n) is 6.38. The molecule has 0 spiro atoms. The summed E-state index contributed by atoms with van der Waals surface area (Å²) < 4.78 is 0. The van der Waals surface area contributed by atoms with Crippen LogP contribution in [-0.2, 0) is 0 Å². The van der Waals surface area contributed by atoms with E-state index in [1.807, 2.05) is 0 Å². The summed E-state index contributed by atoms with van der Waals surface area (Å²) in [6.07, 6.45) is 12.7. The van der Waals surface area contributed by atoms with Crippen molar-refractivity contribution in [3.05, 3.63) is 0 Å². The van der Waals surface area contributed by atoms with Crippen LogP contribution < -0.4 is 10.6 Å². The Bertz CT molecular complexity index is 381. The standard InChI is InChI=1S/C21H40N2S/c1-6-15-13-18(17-11-9-8-10-12-17)14-16(7-2)19(15)22-20(24)23-21(3,4)5/h15-19H,6-14H2,1-5H3,(H2,22,23,24). The second-order valence-corrected chi connectivity index (χ2v) is 9.75. The monoisotopic (exact) mass is 352 g/mol. The minimum absolute atomic E-state index is 0.0345. The van der Waals surface area contributed by atoms with Crippen LogP contribution in [0.15, 0.2) is 0 Å². The van der Waals surface area contributed by atoms with E-state index < -0.39 is 0 Å². The molecule has 0 heterocycles. The maximum Gasteiger partial charge on any atom is 0.166 e. The van der Waals surface area contributed by atoms with Gasteiger partial charge in [-0.1, -0.05) is 58.8 Å². The summed E-state index contributed by atoms with van der Waals surface area (Å²) in [6, 6.07) is 0.558. The van der Waals surface area contributed by atoms with Gasteiger partial charge in [0, 0.05) is 11.6 Å². The van der Waals surface area contributed by atoms with Crippen LogP contribution in [0.4, 0.5) is 0 Å². The van der Waals surface area contributed by atoms with E-state index in [1.165, 1.54) is 57.8 Å². The summed E-state index contributed by atoms with van der Waals surface area (Å²) >= 11 is 5.62. The zero-order valence-corrected chi connectivity index (χ0v) is 17.5. The molecule has 2 rings (SSSR count). The number of thiocarbonyl (C=S) groups is 1. The van der Waals surface area contributed by atoms with Crippen molar-refractivity contribution in [3.63, 3.8) is 0 Å². The lowest BCUT2D eigenvalue weighted by molar-refractivity contribution is 0.0869. The summed E-state index contributed by atoms with van der Waals surface area (Å²) in [5.41, 5.74) is 0.0345. The van der Waals surface area contributed by atoms with Crippen molar-refractivity contribution in [1.82, 2.24) is 10.6 Å². The van der Waals surface area contributed by atoms with Gasteiger partial charge in [0.05, 0.1) is 0 Å². The molecular formula is C21H40N2S. The number of nitrogens with one attached hydrogen (secondary N) is 2. The SMILES string of the molecule is CCC1CC(C2CCCCC2)CC(CC)C1NC(=S)NC(C)(C)C. The van der Waals surface area contributed by atoms with Crippen molar-refractivity contribution in [2.24, 2.45) is 23.7 Å². The largest absolute Gasteiger partial charge is 0.359 e. The van der Waals surface area contributed by atoms with Crippen molar-refractivity contribution in [2.45, 2.75) is 104 Å². The van der Waals surface area contributed by atoms with Gasteiger partial charge < -0.3 is 10.6 Å². The van der Waals surface area contributed by atoms with Gasteiger partial charge in [0.1, 0.15) is 0 Å². The predicted octanol–water partition coefficient (Wildman–Crippen LogP) is 5.66. The molecule has 24 heavy (non-hydrogen) atoms. The third-order valence-corrected chi connectivity index (χ3v) is 6.60. The summed E-state index contributed by atoms with van der Waals surface area (Å²) in [6.45, 7) is 11.3. The smallest absolute Gasteiger partial charge is 0.166 e. The summed E-state index contributed by atoms with van der Waals surface area (Å²) in [5, 5.41) is 8.02. The minimum atomic E-state index is 0.0345. The van der Waals surface area contributed by atoms with Gasteiger partial charge in [-0.05, 0) is 69.5 Å². The van der Waals surface area contributed by atoms with Crippen LogP contribution in [0.25, 0.3) is 0 Å². The predicted molar refractivity (Wildman–Crippen MR) is 109 cm³/mol. The van der Waals surface area contributed by atoms with Gasteiger partial charge in [-0.15, -0.1) is 0 Å². The summed E-state index contributed by atoms with van der Waals surface area (Å²) in [4.78, 5) is 0. The first-order chi connectivity index (χ1) is 11.3. The Morgan fingerprint density at radius 3 is 1.92 bits per heavy atom. The highest BCUT2D eigenvalue weighted by Crippen LogP contribution is 2.44. The lowest BCUT2D eigenvalue weighted by Gasteiger charge is -2.46. The topological polar surface area (TPSA) is 24.1 Å². The molecule has 0 aliphatic heterocycles. The minimum Gasteiger partial charge on any atom is -0.359 e. The van der Waals surface area contributed by atoms with E-state index >= 15 is 0 Å². The van der Waals surface area contributed by atoms with E-state index in [1.54, 1.807) is 0 Å². The second-order valence-electron chi connectivity index (χ2n) is 9.34. The molecule has 0 aromatic carbocycles. The molecule has 0 bridgehead atoms. The van der Waals surface area contributed by atoms with Crippen LogP contribution in [0.1, 0.15) is 92.4 Å². The highest BCUT2D eigenvalue weighted by molar-refractivity contribution is 7.80. The Balaban J connectivity index is 2.01. The molecule has 0 amide bonds. The van der Waals surface area contributed by atoms with Gasteiger partial charge in [-0.2, -0.15) is 0 Å². The Morgan fingerprint density at radius 1 is 0.917 bits per heavy atom. The first-order valence-electron chi connectivity index (χ1n) is 10.4. The van der Waals surface area contributed by atoms with Crippen LogP contribution >= 0.6 is 12.2 Å². The average Bonchev–Trinajstić information content (AvgIpc) is 2.54. The average molecular weight is 353 g/mol. The molecule has 2 atom stereocenters. The summed E-state index contributed by atoms with van der Waals surface area (Å²) in [7, 11) is 0. The second kappa shape index (κ2) is 8.87. The quantitative estimate of drug-likeness (QED) is 0.638. The fourth-order valence-corrected chi connectivity index (χ4v) is 5.59. The maximum atomic E-state index is 5.62. The van der Waals surface area contributed by atoms with Crippen LogP contribution in [0.5, 0.6) is 0 Å². The Kier molecular flexibility index (Phi) is 7.39. The van der Waals surface area contributed by atoms with E-state index in [2.05, 4.69) is 45.3 Å². The van der Waals surface area contributed by atoms with E-state index in [0.717, 1.165) is 28.8 Å². The molecule has 2 fully saturated rings. The molecule has 140 valence electrons. The van der Waals surface area contributed by atoms with Crippen molar-refractivity contribution in [2.75, 3.05) is 0 Å². The number of rotatable bonds is 4. The van der Waals surface area contributed by atoms with Crippen LogP contribution in [-0.4, -0.2) is 16.7 Å². The lowest BCUT2D eigenvalue weighted by atomic mass is 9.64. The van der Waals surface area contributed by atoms with Gasteiger partial charge in [0.2, 0.25) is 0 Å².